The number of ether oxygens (including phenoxy) is 1. The molecule has 0 aromatic heterocycles. The molecule has 1 heterocycles. The van der Waals surface area contributed by atoms with Crippen LogP contribution in [-0.2, 0) is 35.8 Å². The fourth-order valence-electron chi connectivity index (χ4n) is 4.29. The molecule has 4 rings (SSSR count). The third-order valence-electron chi connectivity index (χ3n) is 5.97. The molecule has 6 N–H and O–H groups in total. The smallest absolute Gasteiger partial charge is 0.338 e. The van der Waals surface area contributed by atoms with Crippen molar-refractivity contribution >= 4 is 51.7 Å². The molecule has 1 aliphatic heterocycles. The highest BCUT2D eigenvalue weighted by atomic mass is 32.2. The molecule has 3 aromatic carbocycles. The van der Waals surface area contributed by atoms with Gasteiger partial charge in [0, 0.05) is 18.2 Å². The summed E-state index contributed by atoms with van der Waals surface area (Å²) in [6.45, 7) is -0.349. The van der Waals surface area contributed by atoms with Gasteiger partial charge in [-0.1, -0.05) is 48.5 Å². The first-order valence-corrected chi connectivity index (χ1v) is 13.1. The number of piperidine rings is 1. The summed E-state index contributed by atoms with van der Waals surface area (Å²) in [5, 5.41) is 1.40. The van der Waals surface area contributed by atoms with Gasteiger partial charge in [0.05, 0.1) is 0 Å². The van der Waals surface area contributed by atoms with Crippen molar-refractivity contribution in [2.24, 2.45) is 11.6 Å². The summed E-state index contributed by atoms with van der Waals surface area (Å²) in [5.74, 6) is 3.22. The second kappa shape index (κ2) is 9.06. The van der Waals surface area contributed by atoms with Crippen molar-refractivity contribution in [2.75, 3.05) is 6.54 Å². The summed E-state index contributed by atoms with van der Waals surface area (Å²) in [4.78, 5) is 26.4. The van der Waals surface area contributed by atoms with Gasteiger partial charge in [0.25, 0.3) is 5.91 Å². The number of esters is 1. The molecule has 1 aliphatic rings. The van der Waals surface area contributed by atoms with Crippen LogP contribution in [0.5, 0.6) is 0 Å². The number of hydrogen-bond donors (Lipinski definition) is 4. The van der Waals surface area contributed by atoms with E-state index in [-0.39, 0.29) is 19.6 Å². The van der Waals surface area contributed by atoms with E-state index in [0.717, 1.165) is 21.5 Å². The van der Waals surface area contributed by atoms with E-state index < -0.39 is 41.3 Å². The number of rotatable bonds is 6. The Balaban J connectivity index is 1.77. The van der Waals surface area contributed by atoms with Crippen molar-refractivity contribution in [1.82, 2.24) is 9.50 Å². The Hall–Kier alpha value is -2.86. The van der Waals surface area contributed by atoms with Gasteiger partial charge < -0.3 is 15.0 Å². The SMILES string of the molecule is N[C@H]1CCN(N)C(=O)[C@@]1(C(=O)OCc1c2ccccc2cc2ccccc12)[PH](=O)NS(=O)(=O)O. The van der Waals surface area contributed by atoms with Crippen LogP contribution in [0.25, 0.3) is 21.5 Å². The van der Waals surface area contributed by atoms with Crippen LogP contribution < -0.4 is 16.1 Å². The molecule has 1 saturated heterocycles. The Morgan fingerprint density at radius 2 is 1.74 bits per heavy atom. The molecular weight excluding hydrogens is 483 g/mol. The zero-order chi connectivity index (χ0) is 24.7. The van der Waals surface area contributed by atoms with Crippen molar-refractivity contribution < 1.29 is 31.9 Å². The van der Waals surface area contributed by atoms with Gasteiger partial charge in [0.1, 0.15) is 6.61 Å². The number of fused-ring (bicyclic) bond motifs is 2. The second-order valence-corrected chi connectivity index (χ2v) is 11.2. The molecule has 34 heavy (non-hydrogen) atoms. The van der Waals surface area contributed by atoms with Crippen LogP contribution in [0.15, 0.2) is 54.6 Å². The summed E-state index contributed by atoms with van der Waals surface area (Å²) >= 11 is 0. The fourth-order valence-corrected chi connectivity index (χ4v) is 6.95. The monoisotopic (exact) mass is 506 g/mol. The number of carbonyl (C=O) groups is 2. The zero-order valence-corrected chi connectivity index (χ0v) is 19.6. The fraction of sp³-hybridized carbons (Fsp3) is 0.238. The average molecular weight is 506 g/mol. The third-order valence-corrected chi connectivity index (χ3v) is 9.25. The summed E-state index contributed by atoms with van der Waals surface area (Å²) < 4.78 is 51.8. The van der Waals surface area contributed by atoms with Crippen LogP contribution in [0.2, 0.25) is 0 Å². The Labute approximate surface area is 195 Å². The summed E-state index contributed by atoms with van der Waals surface area (Å²) in [5.41, 5.74) is 6.68. The van der Waals surface area contributed by atoms with Crippen molar-refractivity contribution in [3.8, 4) is 0 Å². The number of benzene rings is 3. The number of hydrogen-bond acceptors (Lipinski definition) is 8. The van der Waals surface area contributed by atoms with Crippen molar-refractivity contribution in [2.45, 2.75) is 24.2 Å². The van der Waals surface area contributed by atoms with Crippen LogP contribution in [-0.4, -0.2) is 47.6 Å². The molecule has 1 unspecified atom stereocenters. The first-order valence-electron chi connectivity index (χ1n) is 10.2. The molecule has 0 saturated carbocycles. The quantitative estimate of drug-likeness (QED) is 0.0723. The zero-order valence-electron chi connectivity index (χ0n) is 17.8. The molecule has 3 atom stereocenters. The first-order chi connectivity index (χ1) is 16.1. The number of carbonyl (C=O) groups excluding carboxylic acids is 2. The lowest BCUT2D eigenvalue weighted by Gasteiger charge is -2.41. The number of hydrazine groups is 1. The Kier molecular flexibility index (Phi) is 6.47. The summed E-state index contributed by atoms with van der Waals surface area (Å²) in [7, 11) is -8.96. The van der Waals surface area contributed by atoms with Crippen LogP contribution in [0.3, 0.4) is 0 Å². The number of nitrogens with two attached hydrogens (primary N) is 2. The molecule has 180 valence electrons. The van der Waals surface area contributed by atoms with E-state index in [9.17, 15) is 22.6 Å². The highest BCUT2D eigenvalue weighted by Crippen LogP contribution is 2.44. The Bertz CT molecular complexity index is 1380. The third kappa shape index (κ3) is 4.20. The molecule has 0 bridgehead atoms. The van der Waals surface area contributed by atoms with Gasteiger partial charge in [-0.05, 0) is 34.0 Å². The summed E-state index contributed by atoms with van der Waals surface area (Å²) in [6, 6.07) is 15.5. The maximum Gasteiger partial charge on any atom is 0.338 e. The minimum atomic E-state index is -5.03. The van der Waals surface area contributed by atoms with Gasteiger partial charge in [-0.15, -0.1) is 4.49 Å². The minimum absolute atomic E-state index is 0.0377. The van der Waals surface area contributed by atoms with Crippen molar-refractivity contribution in [3.63, 3.8) is 0 Å². The molecular formula is C21H23N4O7PS. The molecule has 11 nitrogen and oxygen atoms in total. The van der Waals surface area contributed by atoms with Crippen LogP contribution in [0.1, 0.15) is 12.0 Å². The molecule has 1 fully saturated rings. The van der Waals surface area contributed by atoms with Gasteiger partial charge in [0.15, 0.2) is 7.95 Å². The van der Waals surface area contributed by atoms with Crippen molar-refractivity contribution in [3.05, 3.63) is 60.2 Å². The van der Waals surface area contributed by atoms with E-state index in [2.05, 4.69) is 0 Å². The van der Waals surface area contributed by atoms with E-state index in [1.807, 2.05) is 54.6 Å². The molecule has 0 aliphatic carbocycles. The van der Waals surface area contributed by atoms with E-state index in [1.54, 1.807) is 0 Å². The van der Waals surface area contributed by atoms with E-state index in [4.69, 9.17) is 20.9 Å². The van der Waals surface area contributed by atoms with Gasteiger partial charge in [-0.3, -0.25) is 19.2 Å². The van der Waals surface area contributed by atoms with Crippen LogP contribution >= 0.6 is 7.95 Å². The highest BCUT2D eigenvalue weighted by molar-refractivity contribution is 7.89. The van der Waals surface area contributed by atoms with Gasteiger partial charge in [0.2, 0.25) is 5.16 Å². The second-order valence-electron chi connectivity index (χ2n) is 7.98. The summed E-state index contributed by atoms with van der Waals surface area (Å²) in [6.07, 6.45) is -0.0436. The van der Waals surface area contributed by atoms with Crippen molar-refractivity contribution in [1.29, 1.82) is 0 Å². The largest absolute Gasteiger partial charge is 0.460 e. The minimum Gasteiger partial charge on any atom is -0.460 e. The van der Waals surface area contributed by atoms with E-state index in [1.165, 1.54) is 4.49 Å². The molecule has 1 amide bonds. The number of nitrogens with zero attached hydrogens (tertiary/aromatic N) is 1. The Morgan fingerprint density at radius 3 is 2.29 bits per heavy atom. The molecule has 3 aromatic rings. The van der Waals surface area contributed by atoms with Crippen LogP contribution in [0, 0.1) is 0 Å². The number of amides is 1. The molecule has 0 radical (unpaired) electrons. The molecule has 13 heteroatoms. The lowest BCUT2D eigenvalue weighted by atomic mass is 9.91. The topological polar surface area (TPSA) is 182 Å². The predicted octanol–water partition coefficient (Wildman–Crippen LogP) is 1.08. The highest BCUT2D eigenvalue weighted by Gasteiger charge is 2.61. The van der Waals surface area contributed by atoms with Gasteiger partial charge in [-0.25, -0.2) is 5.84 Å². The maximum atomic E-state index is 13.4. The predicted molar refractivity (Wildman–Crippen MR) is 126 cm³/mol. The normalized spacial score (nSPS) is 22.1. The average Bonchev–Trinajstić information content (AvgIpc) is 2.78. The lowest BCUT2D eigenvalue weighted by Crippen LogP contribution is -2.68. The maximum absolute atomic E-state index is 13.4. The van der Waals surface area contributed by atoms with E-state index in [0.29, 0.717) is 10.6 Å². The lowest BCUT2D eigenvalue weighted by molar-refractivity contribution is -0.157. The number of nitrogens with one attached hydrogen (secondary N) is 1. The molecule has 0 spiro atoms. The first kappa shape index (κ1) is 24.3. The standard InChI is InChI=1S/C21H23N4O7PS/c22-18-9-10-25(23)19(26)21(18,33(28)24-34(29,30)31)20(27)32-12-17-15-7-3-1-5-13(15)11-14-6-2-4-8-16(14)17/h1-8,11,18,33H,9-10,12,22-23H2,(H,24,28)(H,29,30,31)/t18-,21-/m0/s1. The van der Waals surface area contributed by atoms with E-state index >= 15 is 0 Å². The van der Waals surface area contributed by atoms with Gasteiger partial charge >= 0.3 is 16.3 Å². The van der Waals surface area contributed by atoms with Gasteiger partial charge in [-0.2, -0.15) is 8.42 Å². The van der Waals surface area contributed by atoms with Crippen LogP contribution in [0.4, 0.5) is 0 Å². The Morgan fingerprint density at radius 1 is 1.18 bits per heavy atom.